The van der Waals surface area contributed by atoms with E-state index in [1.165, 1.54) is 0 Å². The van der Waals surface area contributed by atoms with Crippen LogP contribution in [0.5, 0.6) is 0 Å². The van der Waals surface area contributed by atoms with Gasteiger partial charge in [-0.15, -0.1) is 8.67 Å². The molecule has 1 aliphatic heterocycles. The van der Waals surface area contributed by atoms with Crippen LogP contribution >= 0.6 is 24.1 Å². The smallest absolute Gasteiger partial charge is 0.267 e. The molecule has 7 saturated carbocycles. The Bertz CT molecular complexity index is 2000. The van der Waals surface area contributed by atoms with Crippen LogP contribution in [0.2, 0.25) is 0 Å². The van der Waals surface area contributed by atoms with E-state index >= 15 is 0 Å². The molecule has 0 radical (unpaired) electrons. The molecule has 0 aromatic carbocycles. The highest BCUT2D eigenvalue weighted by atomic mass is 32.2. The van der Waals surface area contributed by atoms with Gasteiger partial charge in [-0.3, -0.25) is 31.1 Å². The Morgan fingerprint density at radius 1 is 0.553 bits per heavy atom. The van der Waals surface area contributed by atoms with Gasteiger partial charge < -0.3 is 19.7 Å². The molecule has 26 nitrogen and oxygen atoms in total. The number of hydrogen-bond acceptors (Lipinski definition) is 27. The number of nitrogens with zero attached hydrogens (tertiary/aromatic N) is 8. The van der Waals surface area contributed by atoms with Crippen molar-refractivity contribution < 1.29 is 61.9 Å². The van der Waals surface area contributed by atoms with Gasteiger partial charge in [0.25, 0.3) is 10.1 Å². The first-order valence-corrected chi connectivity index (χ1v) is 30.9. The van der Waals surface area contributed by atoms with Crippen LogP contribution in [0.15, 0.2) is 40.9 Å². The minimum Gasteiger partial charge on any atom is -0.390 e. The van der Waals surface area contributed by atoms with Gasteiger partial charge in [0, 0.05) is 68.5 Å². The van der Waals surface area contributed by atoms with E-state index in [0.29, 0.717) is 37.4 Å². The van der Waals surface area contributed by atoms with E-state index in [0.717, 1.165) is 114 Å². The molecule has 1 saturated heterocycles. The summed E-state index contributed by atoms with van der Waals surface area (Å²) in [6.45, 7) is 4.37. The molecule has 10 N–H and O–H groups in total. The van der Waals surface area contributed by atoms with E-state index in [1.54, 1.807) is 14.2 Å². The summed E-state index contributed by atoms with van der Waals surface area (Å²) < 4.78 is 54.9. The number of aliphatic hydroxyl groups is 2. The van der Waals surface area contributed by atoms with Crippen molar-refractivity contribution in [1.29, 1.82) is 0 Å². The monoisotopic (exact) mass is 1140 g/mol. The highest BCUT2D eigenvalue weighted by Crippen LogP contribution is 2.46. The molecule has 1 heterocycles. The van der Waals surface area contributed by atoms with Gasteiger partial charge in [0.15, 0.2) is 6.35 Å². The summed E-state index contributed by atoms with van der Waals surface area (Å²) in [5.74, 6) is 0.423. The quantitative estimate of drug-likeness (QED) is 0.0201. The van der Waals surface area contributed by atoms with Crippen molar-refractivity contribution in [3.63, 3.8) is 0 Å². The number of aliphatic hydroxyl groups excluding tert-OH is 2. The third kappa shape index (κ3) is 17.0. The van der Waals surface area contributed by atoms with Gasteiger partial charge in [-0.25, -0.2) is 10.5 Å². The number of hydrogen-bond donors (Lipinski definition) is 10. The first-order valence-electron chi connectivity index (χ1n) is 27.7. The molecule has 0 spiro atoms. The van der Waals surface area contributed by atoms with Crippen LogP contribution in [0.25, 0.3) is 0 Å². The lowest BCUT2D eigenvalue weighted by Gasteiger charge is -2.48. The molecule has 19 atom stereocenters. The van der Waals surface area contributed by atoms with Crippen LogP contribution in [0.3, 0.4) is 0 Å². The number of nitrogens with one attached hydrogen (secondary N) is 5. The molecule has 8 rings (SSSR count). The van der Waals surface area contributed by atoms with Crippen molar-refractivity contribution in [3.8, 4) is 0 Å². The topological polar surface area (TPSA) is 350 Å². The second-order valence-electron chi connectivity index (χ2n) is 22.8. The average molecular weight is 1140 g/mol. The van der Waals surface area contributed by atoms with Crippen LogP contribution in [-0.4, -0.2) is 161 Å². The number of rotatable bonds is 21. The van der Waals surface area contributed by atoms with Crippen molar-refractivity contribution in [2.75, 3.05) is 14.2 Å². The molecule has 8 aliphatic rings. The molecule has 29 heteroatoms. The van der Waals surface area contributed by atoms with Gasteiger partial charge in [-0.05, 0) is 133 Å². The average Bonchev–Trinajstić information content (AvgIpc) is 3.42. The van der Waals surface area contributed by atoms with Crippen molar-refractivity contribution in [2.24, 2.45) is 64.6 Å². The van der Waals surface area contributed by atoms with Gasteiger partial charge in [-0.1, -0.05) is 30.3 Å². The minimum absolute atomic E-state index is 0.0267. The molecule has 0 amide bonds. The molecule has 7 aliphatic carbocycles. The Morgan fingerprint density at radius 3 is 1.63 bits per heavy atom. The third-order valence-electron chi connectivity index (χ3n) is 17.7. The van der Waals surface area contributed by atoms with E-state index < -0.39 is 46.4 Å². The van der Waals surface area contributed by atoms with Crippen LogP contribution in [0.4, 0.5) is 0 Å². The lowest BCUT2D eigenvalue weighted by Crippen LogP contribution is -2.76. The predicted octanol–water partition coefficient (Wildman–Crippen LogP) is 6.21. The maximum atomic E-state index is 12.0. The van der Waals surface area contributed by atoms with Gasteiger partial charge in [0.2, 0.25) is 0 Å². The summed E-state index contributed by atoms with van der Waals surface area (Å²) >= 11 is 2.09. The number of azo groups is 4. The maximum Gasteiger partial charge on any atom is 0.267 e. The molecule has 8 fully saturated rings. The van der Waals surface area contributed by atoms with Crippen LogP contribution in [0.1, 0.15) is 142 Å². The molecule has 19 unspecified atom stereocenters. The number of methoxy groups -OCH3 is 2. The molecule has 76 heavy (non-hydrogen) atoms. The van der Waals surface area contributed by atoms with Crippen LogP contribution in [0, 0.1) is 23.7 Å². The summed E-state index contributed by atoms with van der Waals surface area (Å²) in [5.41, 5.74) is 0. The van der Waals surface area contributed by atoms with Crippen molar-refractivity contribution in [1.82, 2.24) is 26.6 Å². The Hall–Kier alpha value is -1.59. The fourth-order valence-electron chi connectivity index (χ4n) is 13.3. The number of ether oxygens (including phenoxy) is 2. The van der Waals surface area contributed by atoms with Crippen molar-refractivity contribution in [3.05, 3.63) is 0 Å². The zero-order valence-corrected chi connectivity index (χ0v) is 46.7. The van der Waals surface area contributed by atoms with Crippen molar-refractivity contribution >= 4 is 34.2 Å². The van der Waals surface area contributed by atoms with Gasteiger partial charge in [-0.2, -0.15) is 49.3 Å². The lowest BCUT2D eigenvalue weighted by atomic mass is 9.66. The Morgan fingerprint density at radius 2 is 1.07 bits per heavy atom. The van der Waals surface area contributed by atoms with Crippen LogP contribution in [-0.2, 0) is 38.3 Å². The largest absolute Gasteiger partial charge is 0.390 e. The highest BCUT2D eigenvalue weighted by Gasteiger charge is 2.49. The fourth-order valence-corrected chi connectivity index (χ4v) is 15.6. The first kappa shape index (κ1) is 60.5. The highest BCUT2D eigenvalue weighted by molar-refractivity contribution is 7.95. The minimum atomic E-state index is -4.14. The summed E-state index contributed by atoms with van der Waals surface area (Å²) in [4.78, 5) is 0. The SMILES string of the molecule is COC1CC(N=NC2CCC(N=NC3CCC(SOOO)CC3)CC2)C(C)CC1N=NC1CC(OC)C(N=NC2C(SOOO)CC3CC(NC4NC(O)NC(NC5CCCC(S(=O)(=O)O)C5)N4)CCC3C2O)CC1C. The standard InChI is InChI=1S/C47H85N13O13S3/c1-25-18-38(40(68-3)23-36(25)56-55-29-10-8-28(9-11-29)53-54-30-12-15-33(16-13-30)74-72-70-63)58-57-37-24-41(69-4)39(19-26(37)2)59-60-43-42(75-73-71-64)21-27-20-32(14-17-35(27)44(43)61)49-46-50-45(51-47(62)52-46)48-31-6-5-7-34(22-31)76(65,66)67/h25-52,61-64H,5-24H2,1-4H3,(H,65,66,67). The zero-order valence-electron chi connectivity index (χ0n) is 44.2. The van der Waals surface area contributed by atoms with Gasteiger partial charge in [0.1, 0.15) is 18.6 Å². The maximum absolute atomic E-state index is 12.0. The van der Waals surface area contributed by atoms with E-state index in [9.17, 15) is 23.2 Å². The second kappa shape index (κ2) is 29.4. The third-order valence-corrected chi connectivity index (χ3v) is 20.7. The Labute approximate surface area is 455 Å². The molecular weight excluding hydrogens is 1050 g/mol. The molecule has 0 aromatic heterocycles. The molecule has 434 valence electrons. The zero-order chi connectivity index (χ0) is 53.8. The summed E-state index contributed by atoms with van der Waals surface area (Å²) in [5, 5.41) is 102. The molecule has 0 aromatic rings. The predicted molar refractivity (Wildman–Crippen MR) is 280 cm³/mol. The van der Waals surface area contributed by atoms with E-state index in [2.05, 4.69) is 60.0 Å². The summed E-state index contributed by atoms with van der Waals surface area (Å²) in [6, 6.07) is -0.515. The molecular formula is C47H85N13O13S3. The van der Waals surface area contributed by atoms with Crippen LogP contribution < -0.4 is 26.6 Å². The number of fused-ring (bicyclic) bond motifs is 1. The van der Waals surface area contributed by atoms with E-state index in [-0.39, 0.29) is 102 Å². The van der Waals surface area contributed by atoms with Gasteiger partial charge in [0.05, 0.1) is 71.1 Å². The van der Waals surface area contributed by atoms with Gasteiger partial charge >= 0.3 is 0 Å². The van der Waals surface area contributed by atoms with Crippen molar-refractivity contribution in [2.45, 2.75) is 256 Å². The van der Waals surface area contributed by atoms with E-state index in [1.807, 2.05) is 0 Å². The Kier molecular flexibility index (Phi) is 23.4. The normalized spacial score (nSPS) is 44.2. The summed E-state index contributed by atoms with van der Waals surface area (Å²) in [6.07, 6.45) is 12.1. The Balaban J connectivity index is 0.786. The second-order valence-corrected chi connectivity index (χ2v) is 26.4. The van der Waals surface area contributed by atoms with E-state index in [4.69, 9.17) is 60.1 Å². The fraction of sp³-hybridized carbons (Fsp3) is 1.00. The summed E-state index contributed by atoms with van der Waals surface area (Å²) in [7, 11) is -0.727. The first-order chi connectivity index (χ1) is 36.7. The molecule has 0 bridgehead atoms. The lowest BCUT2D eigenvalue weighted by molar-refractivity contribution is -0.432.